The number of hydrogen-bond donors (Lipinski definition) is 1. The summed E-state index contributed by atoms with van der Waals surface area (Å²) in [6, 6.07) is 21.4. The Bertz CT molecular complexity index is 1760. The number of aromatic amines is 1. The second kappa shape index (κ2) is 13.6. The summed E-state index contributed by atoms with van der Waals surface area (Å²) in [4.78, 5) is 30.3. The molecule has 1 aliphatic rings. The van der Waals surface area contributed by atoms with Gasteiger partial charge in [-0.2, -0.15) is 10.2 Å². The van der Waals surface area contributed by atoms with Gasteiger partial charge in [-0.3, -0.25) is 4.57 Å². The fourth-order valence-electron chi connectivity index (χ4n) is 5.22. The van der Waals surface area contributed by atoms with E-state index < -0.39 is 18.4 Å². The number of para-hydroxylation sites is 1. The summed E-state index contributed by atoms with van der Waals surface area (Å²) in [5, 5.41) is 14.4. The number of ether oxygens (including phenoxy) is 5. The number of tetrazole rings is 1. The molecule has 0 amide bonds. The van der Waals surface area contributed by atoms with Gasteiger partial charge >= 0.3 is 12.1 Å². The normalized spacial score (nSPS) is 14.2. The van der Waals surface area contributed by atoms with Crippen molar-refractivity contribution in [3.05, 3.63) is 77.9 Å². The van der Waals surface area contributed by atoms with Crippen molar-refractivity contribution in [2.45, 2.75) is 45.6 Å². The second-order valence-electron chi connectivity index (χ2n) is 10.3. The van der Waals surface area contributed by atoms with Gasteiger partial charge in [-0.15, -0.1) is 10.2 Å². The molecule has 232 valence electrons. The Labute approximate surface area is 258 Å². The van der Waals surface area contributed by atoms with E-state index in [-0.39, 0.29) is 11.7 Å². The number of imidazole rings is 1. The van der Waals surface area contributed by atoms with Crippen LogP contribution >= 0.6 is 0 Å². The molecule has 6 rings (SSSR count). The SMILES string of the molecule is CCOc1nc2cccc(C(=O)OC(C)OC(=O)OC3CCOCC3)c2n1Cc1ccc(-c2ccccc2-c2nn[nH]n2)cc1. The standard InChI is InChI=1S/C32H32N6O7/c1-3-42-31-33-27-10-6-9-26(30(39)43-20(2)44-32(40)45-23-15-17-41-18-16-23)28(27)38(31)19-21-11-13-22(14-12-21)24-7-4-5-8-25(24)29-34-36-37-35-29/h4-14,20,23H,3,15-19H2,1-2H3,(H,34,35,36,37). The van der Waals surface area contributed by atoms with Crippen LogP contribution in [0.1, 0.15) is 42.6 Å². The maximum Gasteiger partial charge on any atom is 0.511 e. The lowest BCUT2D eigenvalue weighted by molar-refractivity contribution is -0.0973. The number of esters is 1. The highest BCUT2D eigenvalue weighted by molar-refractivity contribution is 6.02. The summed E-state index contributed by atoms with van der Waals surface area (Å²) in [7, 11) is 0. The first kappa shape index (κ1) is 29.8. The van der Waals surface area contributed by atoms with Crippen LogP contribution in [0.25, 0.3) is 33.5 Å². The summed E-state index contributed by atoms with van der Waals surface area (Å²) in [6.07, 6.45) is -1.18. The Balaban J connectivity index is 1.22. The minimum Gasteiger partial charge on any atom is -0.465 e. The van der Waals surface area contributed by atoms with Gasteiger partial charge in [0.2, 0.25) is 12.1 Å². The number of carbonyl (C=O) groups excluding carboxylic acids is 2. The van der Waals surface area contributed by atoms with Crippen molar-refractivity contribution in [1.82, 2.24) is 30.2 Å². The third kappa shape index (κ3) is 6.78. The van der Waals surface area contributed by atoms with E-state index in [4.69, 9.17) is 23.7 Å². The molecule has 0 aliphatic carbocycles. The minimum atomic E-state index is -1.18. The van der Waals surface area contributed by atoms with E-state index >= 15 is 0 Å². The largest absolute Gasteiger partial charge is 0.511 e. The third-order valence-electron chi connectivity index (χ3n) is 7.31. The zero-order chi connectivity index (χ0) is 31.2. The topological polar surface area (TPSA) is 153 Å². The number of nitrogens with zero attached hydrogens (tertiary/aromatic N) is 5. The van der Waals surface area contributed by atoms with Crippen LogP contribution in [0.2, 0.25) is 0 Å². The van der Waals surface area contributed by atoms with Crippen molar-refractivity contribution >= 4 is 23.2 Å². The molecule has 3 aromatic carbocycles. The first-order valence-electron chi connectivity index (χ1n) is 14.7. The Morgan fingerprint density at radius 3 is 2.51 bits per heavy atom. The summed E-state index contributed by atoms with van der Waals surface area (Å²) in [6.45, 7) is 5.12. The van der Waals surface area contributed by atoms with Crippen molar-refractivity contribution in [2.24, 2.45) is 0 Å². The molecule has 5 aromatic rings. The van der Waals surface area contributed by atoms with E-state index in [2.05, 4.69) is 25.6 Å². The van der Waals surface area contributed by atoms with Crippen molar-refractivity contribution in [1.29, 1.82) is 0 Å². The molecule has 45 heavy (non-hydrogen) atoms. The fraction of sp³-hybridized carbons (Fsp3) is 0.312. The van der Waals surface area contributed by atoms with Gasteiger partial charge in [0.05, 0.1) is 43.0 Å². The maximum atomic E-state index is 13.4. The molecule has 1 atom stereocenters. The van der Waals surface area contributed by atoms with Crippen LogP contribution in [0.5, 0.6) is 6.01 Å². The number of rotatable bonds is 10. The van der Waals surface area contributed by atoms with E-state index in [1.807, 2.05) is 60.0 Å². The molecule has 1 N–H and O–H groups in total. The van der Waals surface area contributed by atoms with E-state index in [9.17, 15) is 9.59 Å². The molecule has 1 unspecified atom stereocenters. The predicted octanol–water partition coefficient (Wildman–Crippen LogP) is 5.17. The molecule has 0 bridgehead atoms. The van der Waals surface area contributed by atoms with E-state index in [0.29, 0.717) is 62.1 Å². The highest BCUT2D eigenvalue weighted by Crippen LogP contribution is 2.31. The van der Waals surface area contributed by atoms with Crippen molar-refractivity contribution in [3.8, 4) is 28.5 Å². The fourth-order valence-corrected chi connectivity index (χ4v) is 5.22. The smallest absolute Gasteiger partial charge is 0.465 e. The Kier molecular flexibility index (Phi) is 8.96. The van der Waals surface area contributed by atoms with Crippen LogP contribution in [0, 0.1) is 0 Å². The average Bonchev–Trinajstić information content (AvgIpc) is 3.71. The molecule has 3 heterocycles. The molecule has 1 aliphatic heterocycles. The summed E-state index contributed by atoms with van der Waals surface area (Å²) in [5.74, 6) is -0.166. The number of nitrogens with one attached hydrogen (secondary N) is 1. The van der Waals surface area contributed by atoms with Crippen LogP contribution in [-0.2, 0) is 25.5 Å². The minimum absolute atomic E-state index is 0.254. The Hall–Kier alpha value is -5.30. The highest BCUT2D eigenvalue weighted by atomic mass is 16.8. The van der Waals surface area contributed by atoms with E-state index in [0.717, 1.165) is 22.3 Å². The van der Waals surface area contributed by atoms with Crippen molar-refractivity contribution < 1.29 is 33.3 Å². The predicted molar refractivity (Wildman–Crippen MR) is 161 cm³/mol. The van der Waals surface area contributed by atoms with Crippen LogP contribution in [-0.4, -0.2) is 74.5 Å². The number of aromatic nitrogens is 6. The molecule has 13 heteroatoms. The molecular weight excluding hydrogens is 580 g/mol. The Morgan fingerprint density at radius 2 is 1.78 bits per heavy atom. The van der Waals surface area contributed by atoms with Crippen LogP contribution in [0.15, 0.2) is 66.7 Å². The first-order chi connectivity index (χ1) is 22.0. The number of hydrogen-bond acceptors (Lipinski definition) is 11. The monoisotopic (exact) mass is 612 g/mol. The van der Waals surface area contributed by atoms with Crippen LogP contribution < -0.4 is 4.74 Å². The number of benzene rings is 3. The van der Waals surface area contributed by atoms with Gasteiger partial charge in [0.15, 0.2) is 0 Å². The molecular formula is C32H32N6O7. The molecule has 0 spiro atoms. The van der Waals surface area contributed by atoms with Gasteiger partial charge < -0.3 is 23.7 Å². The molecule has 0 radical (unpaired) electrons. The van der Waals surface area contributed by atoms with Crippen molar-refractivity contribution in [3.63, 3.8) is 0 Å². The molecule has 1 fully saturated rings. The van der Waals surface area contributed by atoms with Crippen LogP contribution in [0.4, 0.5) is 4.79 Å². The molecule has 0 saturated carbocycles. The van der Waals surface area contributed by atoms with Crippen LogP contribution in [0.3, 0.4) is 0 Å². The molecule has 1 saturated heterocycles. The lowest BCUT2D eigenvalue weighted by Crippen LogP contribution is -2.29. The van der Waals surface area contributed by atoms with Gasteiger partial charge in [-0.1, -0.05) is 54.6 Å². The van der Waals surface area contributed by atoms with E-state index in [1.54, 1.807) is 18.2 Å². The highest BCUT2D eigenvalue weighted by Gasteiger charge is 2.25. The zero-order valence-electron chi connectivity index (χ0n) is 24.8. The van der Waals surface area contributed by atoms with Gasteiger partial charge in [-0.05, 0) is 41.0 Å². The molecule has 2 aromatic heterocycles. The first-order valence-corrected chi connectivity index (χ1v) is 14.7. The van der Waals surface area contributed by atoms with Gasteiger partial charge in [0, 0.05) is 25.3 Å². The van der Waals surface area contributed by atoms with Gasteiger partial charge in [0.25, 0.3) is 6.01 Å². The van der Waals surface area contributed by atoms with E-state index in [1.165, 1.54) is 6.92 Å². The average molecular weight is 613 g/mol. The summed E-state index contributed by atoms with van der Waals surface area (Å²) >= 11 is 0. The van der Waals surface area contributed by atoms with Gasteiger partial charge in [-0.25, -0.2) is 9.59 Å². The summed E-state index contributed by atoms with van der Waals surface area (Å²) in [5.41, 5.74) is 5.11. The lowest BCUT2D eigenvalue weighted by Gasteiger charge is -2.22. The number of fused-ring (bicyclic) bond motifs is 1. The lowest BCUT2D eigenvalue weighted by atomic mass is 9.98. The Morgan fingerprint density at radius 1 is 1.00 bits per heavy atom. The maximum absolute atomic E-state index is 13.4. The quantitative estimate of drug-likeness (QED) is 0.164. The van der Waals surface area contributed by atoms with Crippen molar-refractivity contribution in [2.75, 3.05) is 19.8 Å². The number of H-pyrrole nitrogens is 1. The molecule has 13 nitrogen and oxygen atoms in total. The second-order valence-corrected chi connectivity index (χ2v) is 10.3. The van der Waals surface area contributed by atoms with Gasteiger partial charge in [0.1, 0.15) is 6.10 Å². The summed E-state index contributed by atoms with van der Waals surface area (Å²) < 4.78 is 29.0. The number of carbonyl (C=O) groups is 2. The zero-order valence-corrected chi connectivity index (χ0v) is 24.8. The third-order valence-corrected chi connectivity index (χ3v) is 7.31.